The summed E-state index contributed by atoms with van der Waals surface area (Å²) in [6.45, 7) is 1.64. The Morgan fingerprint density at radius 2 is 1.85 bits per heavy atom. The maximum Gasteiger partial charge on any atom is 0.268 e. The van der Waals surface area contributed by atoms with E-state index in [0.717, 1.165) is 0 Å². The zero-order chi connectivity index (χ0) is 15.0. The molecule has 3 aliphatic carbocycles. The molecule has 0 aromatic rings. The number of allylic oxidation sites excluding steroid dienone is 2. The van der Waals surface area contributed by atoms with Crippen LogP contribution in [0, 0.1) is 23.2 Å². The van der Waals surface area contributed by atoms with E-state index in [1.165, 1.54) is 0 Å². The molecule has 0 aromatic carbocycles. The van der Waals surface area contributed by atoms with Gasteiger partial charge >= 0.3 is 0 Å². The van der Waals surface area contributed by atoms with Crippen LogP contribution in [0.3, 0.4) is 0 Å². The van der Waals surface area contributed by atoms with Crippen molar-refractivity contribution in [3.8, 4) is 0 Å². The third kappa shape index (κ3) is 1.37. The predicted octanol–water partition coefficient (Wildman–Crippen LogP) is 2.75. The highest BCUT2D eigenvalue weighted by molar-refractivity contribution is 7.86. The molecule has 3 nitrogen and oxygen atoms in total. The summed E-state index contributed by atoms with van der Waals surface area (Å²) in [6, 6.07) is 0. The Hall–Kier alpha value is -0.630. The Morgan fingerprint density at radius 3 is 2.40 bits per heavy atom. The average molecular weight is 314 g/mol. The van der Waals surface area contributed by atoms with Crippen molar-refractivity contribution in [2.24, 2.45) is 23.2 Å². The second-order valence-electron chi connectivity index (χ2n) is 6.06. The maximum atomic E-state index is 14.3. The molecule has 20 heavy (non-hydrogen) atoms. The molecule has 7 atom stereocenters. The van der Waals surface area contributed by atoms with Crippen LogP contribution in [0.15, 0.2) is 11.7 Å². The molecule has 1 spiro atoms. The fourth-order valence-electron chi connectivity index (χ4n) is 4.59. The molecular formula is C12H14F4O3S. The summed E-state index contributed by atoms with van der Waals surface area (Å²) in [7, 11) is -4.75. The van der Waals surface area contributed by atoms with Crippen molar-refractivity contribution < 1.29 is 30.5 Å². The van der Waals surface area contributed by atoms with Crippen LogP contribution in [0.5, 0.6) is 0 Å². The van der Waals surface area contributed by atoms with Crippen molar-refractivity contribution in [3.63, 3.8) is 0 Å². The van der Waals surface area contributed by atoms with Crippen LogP contribution in [-0.2, 0) is 10.1 Å². The minimum absolute atomic E-state index is 0.165. The number of hydrogen-bond donors (Lipinski definition) is 1. The predicted molar refractivity (Wildman–Crippen MR) is 62.2 cm³/mol. The molecule has 0 amide bonds. The maximum absolute atomic E-state index is 14.3. The number of fused-ring (bicyclic) bond motifs is 2. The van der Waals surface area contributed by atoms with Crippen molar-refractivity contribution in [2.45, 2.75) is 37.4 Å². The van der Waals surface area contributed by atoms with Gasteiger partial charge in [-0.15, -0.1) is 0 Å². The summed E-state index contributed by atoms with van der Waals surface area (Å²) in [4.78, 5) is 0. The van der Waals surface area contributed by atoms with Crippen molar-refractivity contribution >= 4 is 10.1 Å². The molecule has 1 N–H and O–H groups in total. The highest BCUT2D eigenvalue weighted by Crippen LogP contribution is 2.72. The molecule has 3 rings (SSSR count). The number of alkyl halides is 2. The van der Waals surface area contributed by atoms with Gasteiger partial charge in [0.25, 0.3) is 10.1 Å². The normalized spacial score (nSPS) is 51.5. The van der Waals surface area contributed by atoms with Crippen LogP contribution in [0.4, 0.5) is 17.6 Å². The van der Waals surface area contributed by atoms with E-state index in [2.05, 4.69) is 0 Å². The molecule has 2 fully saturated rings. The molecule has 0 saturated heterocycles. The Labute approximate surface area is 113 Å². The molecule has 0 radical (unpaired) electrons. The molecule has 6 unspecified atom stereocenters. The monoisotopic (exact) mass is 314 g/mol. The van der Waals surface area contributed by atoms with Crippen molar-refractivity contribution in [1.82, 2.24) is 0 Å². The summed E-state index contributed by atoms with van der Waals surface area (Å²) in [5, 5.41) is -1.75. The average Bonchev–Trinajstić information content (AvgIpc) is 2.34. The van der Waals surface area contributed by atoms with Crippen molar-refractivity contribution in [1.29, 1.82) is 0 Å². The van der Waals surface area contributed by atoms with Crippen LogP contribution in [0.2, 0.25) is 0 Å². The van der Waals surface area contributed by atoms with Gasteiger partial charge in [0.2, 0.25) is 0 Å². The van der Waals surface area contributed by atoms with Gasteiger partial charge in [-0.1, -0.05) is 6.92 Å². The van der Waals surface area contributed by atoms with Gasteiger partial charge in [0.05, 0.1) is 5.41 Å². The summed E-state index contributed by atoms with van der Waals surface area (Å²) in [6.07, 6.45) is -4.38. The van der Waals surface area contributed by atoms with Crippen LogP contribution >= 0.6 is 0 Å². The van der Waals surface area contributed by atoms with Gasteiger partial charge in [0.1, 0.15) is 17.2 Å². The molecule has 114 valence electrons. The highest BCUT2D eigenvalue weighted by Gasteiger charge is 2.78. The Kier molecular flexibility index (Phi) is 2.84. The first-order chi connectivity index (χ1) is 9.15. The van der Waals surface area contributed by atoms with Gasteiger partial charge in [-0.2, -0.15) is 8.42 Å². The van der Waals surface area contributed by atoms with E-state index < -0.39 is 56.6 Å². The van der Waals surface area contributed by atoms with Gasteiger partial charge in [-0.05, 0) is 24.7 Å². The molecule has 0 heterocycles. The molecule has 3 aliphatic rings. The number of halogens is 4. The Balaban J connectivity index is 2.23. The molecular weight excluding hydrogens is 300 g/mol. The van der Waals surface area contributed by atoms with Gasteiger partial charge in [0, 0.05) is 5.92 Å². The van der Waals surface area contributed by atoms with E-state index in [4.69, 9.17) is 0 Å². The summed E-state index contributed by atoms with van der Waals surface area (Å²) in [5.41, 5.74) is -2.25. The number of rotatable bonds is 1. The first-order valence-corrected chi connectivity index (χ1v) is 7.95. The SMILES string of the molecule is CC1CCC(S(=O)(=O)O)C23C(F)=C(F)C(F)C(C2F)[C@H]13. The quantitative estimate of drug-likeness (QED) is 0.598. The van der Waals surface area contributed by atoms with Gasteiger partial charge in [-0.25, -0.2) is 17.6 Å². The van der Waals surface area contributed by atoms with E-state index in [-0.39, 0.29) is 12.3 Å². The van der Waals surface area contributed by atoms with E-state index in [9.17, 15) is 30.5 Å². The molecule has 2 saturated carbocycles. The third-order valence-electron chi connectivity index (χ3n) is 5.32. The Bertz CT molecular complexity index is 590. The van der Waals surface area contributed by atoms with E-state index in [1.807, 2.05) is 0 Å². The number of hydrogen-bond acceptors (Lipinski definition) is 2. The van der Waals surface area contributed by atoms with Crippen LogP contribution in [0.25, 0.3) is 0 Å². The van der Waals surface area contributed by atoms with E-state index in [1.54, 1.807) is 6.92 Å². The standard InChI is InChI=1S/C12H14F4O3S/c1-4-2-3-5(20(17,18)19)12-7(4)6(10(12)15)8(13)9(14)11(12)16/h4-8,10H,2-3H2,1H3,(H,17,18,19)/t4?,5?,6?,7-,8?,10?,12?/m0/s1. The molecule has 2 bridgehead atoms. The first-order valence-electron chi connectivity index (χ1n) is 6.45. The smallest absolute Gasteiger partial charge is 0.268 e. The lowest BCUT2D eigenvalue weighted by Crippen LogP contribution is -2.74. The Morgan fingerprint density at radius 1 is 1.25 bits per heavy atom. The molecule has 8 heteroatoms. The largest absolute Gasteiger partial charge is 0.285 e. The van der Waals surface area contributed by atoms with Crippen LogP contribution < -0.4 is 0 Å². The second-order valence-corrected chi connectivity index (χ2v) is 7.66. The van der Waals surface area contributed by atoms with Gasteiger partial charge in [0.15, 0.2) is 12.0 Å². The summed E-state index contributed by atoms with van der Waals surface area (Å²) < 4.78 is 88.0. The third-order valence-corrected chi connectivity index (χ3v) is 6.66. The summed E-state index contributed by atoms with van der Waals surface area (Å²) >= 11 is 0. The summed E-state index contributed by atoms with van der Waals surface area (Å²) in [5.74, 6) is -6.02. The zero-order valence-electron chi connectivity index (χ0n) is 10.6. The van der Waals surface area contributed by atoms with Crippen molar-refractivity contribution in [2.75, 3.05) is 0 Å². The fourth-order valence-corrected chi connectivity index (χ4v) is 5.91. The lowest BCUT2D eigenvalue weighted by molar-refractivity contribution is -0.205. The molecule has 0 aliphatic heterocycles. The lowest BCUT2D eigenvalue weighted by Gasteiger charge is -2.66. The zero-order valence-corrected chi connectivity index (χ0v) is 11.4. The second kappa shape index (κ2) is 3.97. The van der Waals surface area contributed by atoms with Crippen molar-refractivity contribution in [3.05, 3.63) is 11.7 Å². The lowest BCUT2D eigenvalue weighted by atomic mass is 9.40. The van der Waals surface area contributed by atoms with Gasteiger partial charge in [-0.3, -0.25) is 4.55 Å². The highest BCUT2D eigenvalue weighted by atomic mass is 32.2. The minimum atomic E-state index is -4.75. The van der Waals surface area contributed by atoms with E-state index in [0.29, 0.717) is 6.42 Å². The van der Waals surface area contributed by atoms with Crippen LogP contribution in [-0.4, -0.2) is 30.6 Å². The van der Waals surface area contributed by atoms with Gasteiger partial charge < -0.3 is 0 Å². The first kappa shape index (κ1) is 14.3. The minimum Gasteiger partial charge on any atom is -0.285 e. The fraction of sp³-hybridized carbons (Fsp3) is 0.833. The molecule has 0 aromatic heterocycles. The topological polar surface area (TPSA) is 54.4 Å². The van der Waals surface area contributed by atoms with Crippen LogP contribution in [0.1, 0.15) is 19.8 Å². The van der Waals surface area contributed by atoms with E-state index >= 15 is 0 Å².